The minimum atomic E-state index is -0.178. The van der Waals surface area contributed by atoms with Gasteiger partial charge in [0.15, 0.2) is 0 Å². The number of aromatic nitrogens is 6. The quantitative estimate of drug-likeness (QED) is 0.249. The third-order valence-electron chi connectivity index (χ3n) is 7.75. The van der Waals surface area contributed by atoms with Crippen LogP contribution in [0.25, 0.3) is 22.5 Å². The van der Waals surface area contributed by atoms with Gasteiger partial charge in [-0.3, -0.25) is 14.6 Å². The van der Waals surface area contributed by atoms with Crippen LogP contribution in [0.15, 0.2) is 91.6 Å². The highest BCUT2D eigenvalue weighted by molar-refractivity contribution is 5.91. The van der Waals surface area contributed by atoms with E-state index in [0.29, 0.717) is 35.3 Å². The summed E-state index contributed by atoms with van der Waals surface area (Å²) >= 11 is 0. The number of nitriles is 1. The number of hydrogen-bond donors (Lipinski definition) is 2. The number of anilines is 2. The molecule has 0 bridgehead atoms. The summed E-state index contributed by atoms with van der Waals surface area (Å²) in [6.07, 6.45) is 11.9. The highest BCUT2D eigenvalue weighted by Gasteiger charge is 2.31. The number of hydrogen-bond acceptors (Lipinski definition) is 8. The standard InChI is InChI=1S/C33H32N10O/c1-42-22-26(21-39-42)24-10-15-30(36-19-24)43(33(44)38-18-23-7-3-2-4-8-23)28-13-11-27(12-14-28)40-32-37-20-25(17-34)31(41-32)29-9-5-6-16-35-29/h2-10,15-16,19-22,27-28H,11-14,18H2,1H3,(H,38,44)(H,37,40,41). The monoisotopic (exact) mass is 584 g/mol. The van der Waals surface area contributed by atoms with Gasteiger partial charge in [-0.2, -0.15) is 10.4 Å². The van der Waals surface area contributed by atoms with Crippen molar-refractivity contribution in [3.63, 3.8) is 0 Å². The van der Waals surface area contributed by atoms with Crippen molar-refractivity contribution < 1.29 is 4.79 Å². The summed E-state index contributed by atoms with van der Waals surface area (Å²) in [5.41, 5.74) is 4.43. The van der Waals surface area contributed by atoms with Crippen LogP contribution in [0.3, 0.4) is 0 Å². The van der Waals surface area contributed by atoms with Crippen LogP contribution in [0.1, 0.15) is 36.8 Å². The Balaban J connectivity index is 1.17. The topological polar surface area (TPSA) is 138 Å². The average molecular weight is 585 g/mol. The second kappa shape index (κ2) is 13.1. The van der Waals surface area contributed by atoms with Crippen molar-refractivity contribution in [2.45, 2.75) is 44.3 Å². The van der Waals surface area contributed by atoms with E-state index in [-0.39, 0.29) is 18.1 Å². The molecule has 4 aromatic heterocycles. The fraction of sp³-hybridized carbons (Fsp3) is 0.242. The summed E-state index contributed by atoms with van der Waals surface area (Å²) in [7, 11) is 1.88. The minimum Gasteiger partial charge on any atom is -0.351 e. The van der Waals surface area contributed by atoms with Crippen LogP contribution in [0.4, 0.5) is 16.6 Å². The van der Waals surface area contributed by atoms with Gasteiger partial charge in [0.25, 0.3) is 0 Å². The van der Waals surface area contributed by atoms with E-state index in [0.717, 1.165) is 42.4 Å². The largest absolute Gasteiger partial charge is 0.351 e. The number of nitrogens with one attached hydrogen (secondary N) is 2. The third-order valence-corrected chi connectivity index (χ3v) is 7.75. The summed E-state index contributed by atoms with van der Waals surface area (Å²) in [4.78, 5) is 33.6. The van der Waals surface area contributed by atoms with E-state index in [9.17, 15) is 10.1 Å². The number of nitrogens with zero attached hydrogens (tertiary/aromatic N) is 8. The lowest BCUT2D eigenvalue weighted by molar-refractivity contribution is 0.240. The van der Waals surface area contributed by atoms with Gasteiger partial charge in [-0.25, -0.2) is 19.7 Å². The number of benzene rings is 1. The molecule has 5 aromatic rings. The molecule has 11 nitrogen and oxygen atoms in total. The maximum absolute atomic E-state index is 13.7. The summed E-state index contributed by atoms with van der Waals surface area (Å²) in [6.45, 7) is 0.426. The minimum absolute atomic E-state index is 0.0356. The van der Waals surface area contributed by atoms with Gasteiger partial charge < -0.3 is 10.6 Å². The van der Waals surface area contributed by atoms with Crippen LogP contribution in [-0.4, -0.2) is 47.8 Å². The Kier molecular flexibility index (Phi) is 8.50. The first kappa shape index (κ1) is 28.5. The molecule has 44 heavy (non-hydrogen) atoms. The highest BCUT2D eigenvalue weighted by atomic mass is 16.2. The van der Waals surface area contributed by atoms with Crippen molar-refractivity contribution in [2.24, 2.45) is 7.05 Å². The van der Waals surface area contributed by atoms with Gasteiger partial charge in [0.2, 0.25) is 5.95 Å². The highest BCUT2D eigenvalue weighted by Crippen LogP contribution is 2.30. The molecule has 1 fully saturated rings. The van der Waals surface area contributed by atoms with Gasteiger partial charge in [-0.05, 0) is 55.5 Å². The summed E-state index contributed by atoms with van der Waals surface area (Å²) < 4.78 is 1.75. The summed E-state index contributed by atoms with van der Waals surface area (Å²) in [5, 5.41) is 20.4. The molecule has 11 heteroatoms. The van der Waals surface area contributed by atoms with Crippen LogP contribution < -0.4 is 15.5 Å². The number of pyridine rings is 2. The molecule has 1 saturated carbocycles. The smallest absolute Gasteiger partial charge is 0.323 e. The molecule has 1 aliphatic carbocycles. The molecule has 6 rings (SSSR count). The Morgan fingerprint density at radius 1 is 0.955 bits per heavy atom. The second-order valence-corrected chi connectivity index (χ2v) is 10.8. The van der Waals surface area contributed by atoms with Crippen molar-refractivity contribution >= 4 is 17.8 Å². The lowest BCUT2D eigenvalue weighted by atomic mass is 9.90. The molecule has 4 heterocycles. The van der Waals surface area contributed by atoms with Crippen LogP contribution >= 0.6 is 0 Å². The first-order valence-corrected chi connectivity index (χ1v) is 14.6. The number of aryl methyl sites for hydroxylation is 1. The molecule has 1 aliphatic rings. The van der Waals surface area contributed by atoms with Gasteiger partial charge in [-0.1, -0.05) is 36.4 Å². The Morgan fingerprint density at radius 2 is 1.77 bits per heavy atom. The summed E-state index contributed by atoms with van der Waals surface area (Å²) in [6, 6.07) is 21.3. The van der Waals surface area contributed by atoms with Crippen molar-refractivity contribution in [3.05, 3.63) is 103 Å². The molecule has 0 atom stereocenters. The van der Waals surface area contributed by atoms with Crippen LogP contribution in [0, 0.1) is 11.3 Å². The van der Waals surface area contributed by atoms with Gasteiger partial charge in [0, 0.05) is 55.4 Å². The molecule has 0 unspecified atom stereocenters. The fourth-order valence-electron chi connectivity index (χ4n) is 5.48. The van der Waals surface area contributed by atoms with Gasteiger partial charge in [-0.15, -0.1) is 0 Å². The van der Waals surface area contributed by atoms with E-state index in [1.165, 1.54) is 6.20 Å². The molecule has 2 N–H and O–H groups in total. The van der Waals surface area contributed by atoms with E-state index in [2.05, 4.69) is 36.8 Å². The SMILES string of the molecule is Cn1cc(-c2ccc(N(C(=O)NCc3ccccc3)C3CCC(Nc4ncc(C#N)c(-c5ccccn5)n4)CC3)nc2)cn1. The Labute approximate surface area is 255 Å². The average Bonchev–Trinajstić information content (AvgIpc) is 3.52. The van der Waals surface area contributed by atoms with Gasteiger partial charge >= 0.3 is 6.03 Å². The van der Waals surface area contributed by atoms with Crippen molar-refractivity contribution in [1.29, 1.82) is 5.26 Å². The molecule has 0 radical (unpaired) electrons. The lowest BCUT2D eigenvalue weighted by Crippen LogP contribution is -2.49. The van der Waals surface area contributed by atoms with Crippen LogP contribution in [-0.2, 0) is 13.6 Å². The normalized spacial score (nSPS) is 16.1. The third kappa shape index (κ3) is 6.55. The van der Waals surface area contributed by atoms with E-state index in [1.54, 1.807) is 28.2 Å². The van der Waals surface area contributed by atoms with Crippen LogP contribution in [0.2, 0.25) is 0 Å². The lowest BCUT2D eigenvalue weighted by Gasteiger charge is -2.36. The number of carbonyl (C=O) groups is 1. The van der Waals surface area contributed by atoms with Crippen molar-refractivity contribution in [2.75, 3.05) is 10.2 Å². The number of rotatable bonds is 8. The van der Waals surface area contributed by atoms with E-state index in [1.807, 2.05) is 73.9 Å². The van der Waals surface area contributed by atoms with Crippen molar-refractivity contribution in [1.82, 2.24) is 35.0 Å². The van der Waals surface area contributed by atoms with Crippen molar-refractivity contribution in [3.8, 4) is 28.6 Å². The maximum atomic E-state index is 13.7. The predicted molar refractivity (Wildman–Crippen MR) is 167 cm³/mol. The molecular weight excluding hydrogens is 552 g/mol. The zero-order valence-electron chi connectivity index (χ0n) is 24.3. The van der Waals surface area contributed by atoms with Gasteiger partial charge in [0.05, 0.1) is 23.7 Å². The summed E-state index contributed by atoms with van der Waals surface area (Å²) in [5.74, 6) is 1.06. The van der Waals surface area contributed by atoms with E-state index >= 15 is 0 Å². The molecular formula is C33H32N10O. The first-order valence-electron chi connectivity index (χ1n) is 14.6. The molecule has 0 saturated heterocycles. The number of amides is 2. The number of urea groups is 1. The molecule has 2 amide bonds. The Hall–Kier alpha value is -5.63. The predicted octanol–water partition coefficient (Wildman–Crippen LogP) is 5.35. The molecule has 0 aliphatic heterocycles. The molecule has 0 spiro atoms. The fourth-order valence-corrected chi connectivity index (χ4v) is 5.48. The van der Waals surface area contributed by atoms with E-state index in [4.69, 9.17) is 4.98 Å². The molecule has 220 valence electrons. The Bertz CT molecular complexity index is 1740. The first-order chi connectivity index (χ1) is 21.6. The Morgan fingerprint density at radius 3 is 2.45 bits per heavy atom. The van der Waals surface area contributed by atoms with Crippen LogP contribution in [0.5, 0.6) is 0 Å². The van der Waals surface area contributed by atoms with E-state index < -0.39 is 0 Å². The zero-order valence-corrected chi connectivity index (χ0v) is 24.3. The molecule has 1 aromatic carbocycles. The van der Waals surface area contributed by atoms with Gasteiger partial charge in [0.1, 0.15) is 17.6 Å². The maximum Gasteiger partial charge on any atom is 0.323 e. The second-order valence-electron chi connectivity index (χ2n) is 10.8. The number of carbonyl (C=O) groups excluding carboxylic acids is 1. The zero-order chi connectivity index (χ0) is 30.3.